The van der Waals surface area contributed by atoms with Crippen LogP contribution in [0.3, 0.4) is 0 Å². The fourth-order valence-electron chi connectivity index (χ4n) is 2.23. The van der Waals surface area contributed by atoms with Crippen molar-refractivity contribution in [2.24, 2.45) is 0 Å². The number of hydrogen-bond donors (Lipinski definition) is 0. The zero-order valence-corrected chi connectivity index (χ0v) is 8.63. The summed E-state index contributed by atoms with van der Waals surface area (Å²) >= 11 is 0. The Bertz CT molecular complexity index is 237. The molecule has 0 radical (unpaired) electrons. The maximum atomic E-state index is 12.0. The van der Waals surface area contributed by atoms with Crippen molar-refractivity contribution < 1.29 is 9.53 Å². The van der Waals surface area contributed by atoms with Gasteiger partial charge in [-0.1, -0.05) is 12.5 Å². The van der Waals surface area contributed by atoms with Gasteiger partial charge in [-0.05, 0) is 44.1 Å². The molecule has 2 aliphatic rings. The van der Waals surface area contributed by atoms with Crippen molar-refractivity contribution in [3.8, 4) is 0 Å². The van der Waals surface area contributed by atoms with Crippen LogP contribution in [0.15, 0.2) is 11.6 Å². The van der Waals surface area contributed by atoms with E-state index >= 15 is 0 Å². The largest absolute Gasteiger partial charge is 0.370 e. The second kappa shape index (κ2) is 4.74. The summed E-state index contributed by atoms with van der Waals surface area (Å²) in [6.07, 6.45) is 9.72. The van der Waals surface area contributed by atoms with Crippen LogP contribution in [0.5, 0.6) is 0 Å². The Morgan fingerprint density at radius 2 is 2.21 bits per heavy atom. The third kappa shape index (κ3) is 2.24. The van der Waals surface area contributed by atoms with E-state index in [0.717, 1.165) is 37.9 Å². The molecule has 1 unspecified atom stereocenters. The van der Waals surface area contributed by atoms with Gasteiger partial charge in [-0.15, -0.1) is 0 Å². The summed E-state index contributed by atoms with van der Waals surface area (Å²) in [5.41, 5.74) is 1.04. The molecule has 0 N–H and O–H groups in total. The lowest BCUT2D eigenvalue weighted by Gasteiger charge is -2.10. The summed E-state index contributed by atoms with van der Waals surface area (Å²) in [6.45, 7) is 0.768. The lowest BCUT2D eigenvalue weighted by molar-refractivity contribution is -0.124. The van der Waals surface area contributed by atoms with Crippen LogP contribution in [0.25, 0.3) is 0 Å². The summed E-state index contributed by atoms with van der Waals surface area (Å²) in [7, 11) is 0. The maximum Gasteiger partial charge on any atom is 0.187 e. The van der Waals surface area contributed by atoms with Gasteiger partial charge in [0, 0.05) is 6.61 Å². The molecule has 0 amide bonds. The van der Waals surface area contributed by atoms with Gasteiger partial charge in [-0.2, -0.15) is 0 Å². The van der Waals surface area contributed by atoms with E-state index in [1.54, 1.807) is 0 Å². The van der Waals surface area contributed by atoms with E-state index in [4.69, 9.17) is 4.74 Å². The van der Waals surface area contributed by atoms with E-state index < -0.39 is 0 Å². The smallest absolute Gasteiger partial charge is 0.187 e. The fraction of sp³-hybridized carbons (Fsp3) is 0.750. The van der Waals surface area contributed by atoms with Crippen molar-refractivity contribution in [3.63, 3.8) is 0 Å². The zero-order chi connectivity index (χ0) is 9.80. The highest BCUT2D eigenvalue weighted by molar-refractivity contribution is 5.98. The van der Waals surface area contributed by atoms with Crippen molar-refractivity contribution in [3.05, 3.63) is 11.6 Å². The highest BCUT2D eigenvalue weighted by Crippen LogP contribution is 2.23. The Hall–Kier alpha value is -0.630. The van der Waals surface area contributed by atoms with Crippen molar-refractivity contribution in [2.75, 3.05) is 6.61 Å². The highest BCUT2D eigenvalue weighted by atomic mass is 16.5. The molecule has 0 spiro atoms. The molecule has 0 aromatic heterocycles. The second-order valence-electron chi connectivity index (χ2n) is 4.19. The first-order valence-electron chi connectivity index (χ1n) is 5.73. The zero-order valence-electron chi connectivity index (χ0n) is 8.63. The molecule has 14 heavy (non-hydrogen) atoms. The fourth-order valence-corrected chi connectivity index (χ4v) is 2.23. The van der Waals surface area contributed by atoms with Gasteiger partial charge in [-0.25, -0.2) is 0 Å². The molecule has 0 aromatic rings. The molecule has 0 aromatic carbocycles. The van der Waals surface area contributed by atoms with Crippen molar-refractivity contribution in [1.29, 1.82) is 0 Å². The third-order valence-corrected chi connectivity index (χ3v) is 3.08. The van der Waals surface area contributed by atoms with Crippen LogP contribution < -0.4 is 0 Å². The number of carbonyl (C=O) groups is 1. The summed E-state index contributed by atoms with van der Waals surface area (Å²) in [5, 5.41) is 0. The highest BCUT2D eigenvalue weighted by Gasteiger charge is 2.26. The number of allylic oxidation sites excluding steroid dienone is 1. The van der Waals surface area contributed by atoms with E-state index in [-0.39, 0.29) is 11.9 Å². The standard InChI is InChI=1S/C12H18O2/c13-12(11-8-5-9-14-11)10-6-3-1-2-4-7-10/h6,11H,1-5,7-9H2. The lowest BCUT2D eigenvalue weighted by Crippen LogP contribution is -2.21. The van der Waals surface area contributed by atoms with Crippen LogP contribution in [-0.2, 0) is 9.53 Å². The molecule has 0 bridgehead atoms. The van der Waals surface area contributed by atoms with E-state index in [2.05, 4.69) is 6.08 Å². The minimum atomic E-state index is -0.112. The molecule has 1 fully saturated rings. The molecule has 1 atom stereocenters. The monoisotopic (exact) mass is 194 g/mol. The predicted molar refractivity (Wildman–Crippen MR) is 55.1 cm³/mol. The van der Waals surface area contributed by atoms with Gasteiger partial charge in [0.2, 0.25) is 0 Å². The average molecular weight is 194 g/mol. The van der Waals surface area contributed by atoms with Crippen LogP contribution in [0.1, 0.15) is 44.9 Å². The van der Waals surface area contributed by atoms with E-state index in [1.807, 2.05) is 0 Å². The van der Waals surface area contributed by atoms with E-state index in [0.29, 0.717) is 0 Å². The van der Waals surface area contributed by atoms with E-state index in [1.165, 1.54) is 19.3 Å². The molecule has 78 valence electrons. The van der Waals surface area contributed by atoms with Crippen molar-refractivity contribution in [2.45, 2.75) is 51.0 Å². The number of carbonyl (C=O) groups excluding carboxylic acids is 1. The summed E-state index contributed by atoms with van der Waals surface area (Å²) in [6, 6.07) is 0. The van der Waals surface area contributed by atoms with Gasteiger partial charge in [0.25, 0.3) is 0 Å². The number of ether oxygens (including phenoxy) is 1. The molecule has 1 aliphatic carbocycles. The SMILES string of the molecule is O=C(C1=CCCCCC1)C1CCCO1. The molecular weight excluding hydrogens is 176 g/mol. The predicted octanol–water partition coefficient (Wildman–Crippen LogP) is 2.63. The first kappa shape index (κ1) is 9.91. The summed E-state index contributed by atoms with van der Waals surface area (Å²) in [4.78, 5) is 12.0. The molecule has 0 saturated carbocycles. The van der Waals surface area contributed by atoms with Crippen LogP contribution in [-0.4, -0.2) is 18.5 Å². The van der Waals surface area contributed by atoms with Gasteiger partial charge < -0.3 is 4.74 Å². The molecule has 1 heterocycles. The number of Topliss-reactive ketones (excluding diaryl/α,β-unsaturated/α-hetero) is 1. The van der Waals surface area contributed by atoms with E-state index in [9.17, 15) is 4.79 Å². The van der Waals surface area contributed by atoms with Crippen molar-refractivity contribution >= 4 is 5.78 Å². The topological polar surface area (TPSA) is 26.3 Å². The Morgan fingerprint density at radius 3 is 3.00 bits per heavy atom. The molecule has 1 aliphatic heterocycles. The minimum Gasteiger partial charge on any atom is -0.370 e. The number of ketones is 1. The number of rotatable bonds is 2. The minimum absolute atomic E-state index is 0.112. The Kier molecular flexibility index (Phi) is 3.35. The molecule has 2 heteroatoms. The van der Waals surface area contributed by atoms with Crippen LogP contribution in [0, 0.1) is 0 Å². The summed E-state index contributed by atoms with van der Waals surface area (Å²) < 4.78 is 5.42. The first-order chi connectivity index (χ1) is 6.88. The first-order valence-corrected chi connectivity index (χ1v) is 5.73. The molecule has 2 nitrogen and oxygen atoms in total. The van der Waals surface area contributed by atoms with Gasteiger partial charge in [0.15, 0.2) is 5.78 Å². The Balaban J connectivity index is 1.97. The van der Waals surface area contributed by atoms with Crippen LogP contribution >= 0.6 is 0 Å². The Labute approximate surface area is 85.3 Å². The Morgan fingerprint density at radius 1 is 1.29 bits per heavy atom. The molecule has 2 rings (SSSR count). The quantitative estimate of drug-likeness (QED) is 0.675. The van der Waals surface area contributed by atoms with Gasteiger partial charge in [0.1, 0.15) is 6.10 Å². The summed E-state index contributed by atoms with van der Waals surface area (Å²) in [5.74, 6) is 0.268. The molecule has 1 saturated heterocycles. The maximum absolute atomic E-state index is 12.0. The van der Waals surface area contributed by atoms with Crippen LogP contribution in [0.4, 0.5) is 0 Å². The van der Waals surface area contributed by atoms with Crippen LogP contribution in [0.2, 0.25) is 0 Å². The average Bonchev–Trinajstić information content (AvgIpc) is 2.59. The van der Waals surface area contributed by atoms with Gasteiger partial charge in [0.05, 0.1) is 0 Å². The van der Waals surface area contributed by atoms with Crippen molar-refractivity contribution in [1.82, 2.24) is 0 Å². The van der Waals surface area contributed by atoms with Gasteiger partial charge in [-0.3, -0.25) is 4.79 Å². The molecular formula is C12H18O2. The number of hydrogen-bond acceptors (Lipinski definition) is 2. The lowest BCUT2D eigenvalue weighted by atomic mass is 10.0. The second-order valence-corrected chi connectivity index (χ2v) is 4.19. The van der Waals surface area contributed by atoms with Gasteiger partial charge >= 0.3 is 0 Å². The normalized spacial score (nSPS) is 28.3. The third-order valence-electron chi connectivity index (χ3n) is 3.08.